The van der Waals surface area contributed by atoms with Crippen LogP contribution >= 0.6 is 0 Å². The molecule has 1 atom stereocenters. The summed E-state index contributed by atoms with van der Waals surface area (Å²) in [7, 11) is 0. The molecule has 1 aromatic carbocycles. The molecule has 6 heteroatoms. The van der Waals surface area contributed by atoms with Crippen molar-refractivity contribution in [1.82, 2.24) is 5.32 Å². The Morgan fingerprint density at radius 2 is 1.56 bits per heavy atom. The molecule has 0 aliphatic rings. The fourth-order valence-corrected chi connectivity index (χ4v) is 2.30. The lowest BCUT2D eigenvalue weighted by Gasteiger charge is -2.24. The zero-order valence-electron chi connectivity index (χ0n) is 17.3. The molecule has 0 spiro atoms. The van der Waals surface area contributed by atoms with Crippen molar-refractivity contribution in [3.8, 4) is 0 Å². The van der Waals surface area contributed by atoms with Gasteiger partial charge in [-0.25, -0.2) is 4.79 Å². The molecule has 0 radical (unpaired) electrons. The van der Waals surface area contributed by atoms with Gasteiger partial charge in [-0.05, 0) is 53.5 Å². The highest BCUT2D eigenvalue weighted by Crippen LogP contribution is 2.10. The molecule has 0 bridgehead atoms. The molecule has 1 rings (SSSR count). The number of esters is 1. The van der Waals surface area contributed by atoms with Crippen LogP contribution in [0.2, 0.25) is 0 Å². The lowest BCUT2D eigenvalue weighted by atomic mass is 10.1. The largest absolute Gasteiger partial charge is 0.460 e. The zero-order valence-corrected chi connectivity index (χ0v) is 17.3. The van der Waals surface area contributed by atoms with Crippen LogP contribution in [0.4, 0.5) is 4.79 Å². The third-order valence-electron chi connectivity index (χ3n) is 3.24. The fourth-order valence-electron chi connectivity index (χ4n) is 2.30. The second kappa shape index (κ2) is 10.3. The van der Waals surface area contributed by atoms with Crippen molar-refractivity contribution in [3.05, 3.63) is 35.9 Å². The van der Waals surface area contributed by atoms with E-state index in [9.17, 15) is 9.59 Å². The predicted octanol–water partition coefficient (Wildman–Crippen LogP) is 3.87. The molecule has 0 heterocycles. The van der Waals surface area contributed by atoms with Crippen LogP contribution in [0.1, 0.15) is 53.5 Å². The first-order chi connectivity index (χ1) is 12.4. The summed E-state index contributed by atoms with van der Waals surface area (Å²) in [6.45, 7) is 11.4. The number of benzene rings is 1. The molecule has 0 fully saturated rings. The average molecular weight is 379 g/mol. The highest BCUT2D eigenvalue weighted by Gasteiger charge is 2.20. The van der Waals surface area contributed by atoms with Crippen molar-refractivity contribution in [1.29, 1.82) is 0 Å². The van der Waals surface area contributed by atoms with Crippen molar-refractivity contribution < 1.29 is 23.8 Å². The number of carbonyl (C=O) groups excluding carboxylic acids is 2. The van der Waals surface area contributed by atoms with E-state index in [4.69, 9.17) is 14.2 Å². The number of amides is 1. The van der Waals surface area contributed by atoms with E-state index in [1.807, 2.05) is 71.9 Å². The van der Waals surface area contributed by atoms with Gasteiger partial charge >= 0.3 is 12.1 Å². The smallest absolute Gasteiger partial charge is 0.407 e. The molecule has 0 unspecified atom stereocenters. The second-order valence-corrected chi connectivity index (χ2v) is 8.44. The molecular weight excluding hydrogens is 346 g/mol. The van der Waals surface area contributed by atoms with Crippen LogP contribution in [0.5, 0.6) is 0 Å². The molecule has 0 aliphatic heterocycles. The summed E-state index contributed by atoms with van der Waals surface area (Å²) in [5.41, 5.74) is -0.00116. The van der Waals surface area contributed by atoms with E-state index in [0.717, 1.165) is 5.56 Å². The number of ether oxygens (including phenoxy) is 3. The van der Waals surface area contributed by atoms with E-state index in [1.54, 1.807) is 0 Å². The first kappa shape index (κ1) is 23.0. The Hall–Kier alpha value is -2.08. The summed E-state index contributed by atoms with van der Waals surface area (Å²) < 4.78 is 16.2. The molecule has 1 aromatic rings. The fraction of sp³-hybridized carbons (Fsp3) is 0.619. The maximum Gasteiger partial charge on any atom is 0.407 e. The van der Waals surface area contributed by atoms with Crippen LogP contribution < -0.4 is 5.32 Å². The summed E-state index contributed by atoms with van der Waals surface area (Å²) in [5, 5.41) is 2.85. The topological polar surface area (TPSA) is 73.9 Å². The Morgan fingerprint density at radius 3 is 2.11 bits per heavy atom. The summed E-state index contributed by atoms with van der Waals surface area (Å²) in [4.78, 5) is 23.8. The van der Waals surface area contributed by atoms with E-state index >= 15 is 0 Å². The van der Waals surface area contributed by atoms with Crippen molar-refractivity contribution >= 4 is 12.1 Å². The van der Waals surface area contributed by atoms with Gasteiger partial charge < -0.3 is 19.5 Å². The number of rotatable bonds is 8. The zero-order chi connectivity index (χ0) is 20.5. The van der Waals surface area contributed by atoms with Gasteiger partial charge in [0.1, 0.15) is 11.2 Å². The molecule has 1 N–H and O–H groups in total. The minimum Gasteiger partial charge on any atom is -0.460 e. The first-order valence-electron chi connectivity index (χ1n) is 9.28. The monoisotopic (exact) mass is 379 g/mol. The SMILES string of the molecule is CC(C)(C)OC(=O)CCOC[C@H](Cc1ccccc1)NC(=O)OC(C)(C)C. The number of alkyl carbamates (subject to hydrolysis) is 1. The number of hydrogen-bond acceptors (Lipinski definition) is 5. The van der Waals surface area contributed by atoms with Gasteiger partial charge in [0.25, 0.3) is 0 Å². The maximum absolute atomic E-state index is 12.1. The molecule has 1 amide bonds. The highest BCUT2D eigenvalue weighted by atomic mass is 16.6. The molecule has 0 aliphatic carbocycles. The molecule has 0 aromatic heterocycles. The van der Waals surface area contributed by atoms with E-state index < -0.39 is 17.3 Å². The van der Waals surface area contributed by atoms with Crippen LogP contribution in [-0.4, -0.2) is 42.5 Å². The van der Waals surface area contributed by atoms with Gasteiger partial charge in [-0.15, -0.1) is 0 Å². The standard InChI is InChI=1S/C21H33NO5/c1-20(2,3)26-18(23)12-13-25-15-17(14-16-10-8-7-9-11-16)22-19(24)27-21(4,5)6/h7-11,17H,12-15H2,1-6H3,(H,22,24)/t17-/m0/s1. The van der Waals surface area contributed by atoms with E-state index in [-0.39, 0.29) is 31.6 Å². The predicted molar refractivity (Wildman–Crippen MR) is 105 cm³/mol. The number of hydrogen-bond donors (Lipinski definition) is 1. The number of nitrogens with one attached hydrogen (secondary N) is 1. The van der Waals surface area contributed by atoms with Gasteiger partial charge in [0.05, 0.1) is 25.7 Å². The Kier molecular flexibility index (Phi) is 8.76. The second-order valence-electron chi connectivity index (χ2n) is 8.44. The van der Waals surface area contributed by atoms with Crippen molar-refractivity contribution in [3.63, 3.8) is 0 Å². The van der Waals surface area contributed by atoms with Crippen molar-refractivity contribution in [2.45, 2.75) is 71.6 Å². The summed E-state index contributed by atoms with van der Waals surface area (Å²) in [5.74, 6) is -0.304. The highest BCUT2D eigenvalue weighted by molar-refractivity contribution is 5.70. The van der Waals surface area contributed by atoms with E-state index in [1.165, 1.54) is 0 Å². The van der Waals surface area contributed by atoms with Gasteiger partial charge in [-0.1, -0.05) is 30.3 Å². The third kappa shape index (κ3) is 12.0. The molecule has 6 nitrogen and oxygen atoms in total. The summed E-state index contributed by atoms with van der Waals surface area (Å²) in [6, 6.07) is 9.55. The third-order valence-corrected chi connectivity index (χ3v) is 3.24. The van der Waals surface area contributed by atoms with E-state index in [2.05, 4.69) is 5.32 Å². The van der Waals surface area contributed by atoms with Crippen molar-refractivity contribution in [2.24, 2.45) is 0 Å². The normalized spacial score (nSPS) is 13.0. The van der Waals surface area contributed by atoms with Gasteiger partial charge in [-0.2, -0.15) is 0 Å². The molecule has 27 heavy (non-hydrogen) atoms. The summed E-state index contributed by atoms with van der Waals surface area (Å²) in [6.07, 6.45) is 0.285. The van der Waals surface area contributed by atoms with Gasteiger partial charge in [0.15, 0.2) is 0 Å². The Morgan fingerprint density at radius 1 is 0.963 bits per heavy atom. The maximum atomic E-state index is 12.1. The Labute approximate surface area is 162 Å². The van der Waals surface area contributed by atoms with Crippen LogP contribution in [0.15, 0.2) is 30.3 Å². The molecular formula is C21H33NO5. The summed E-state index contributed by atoms with van der Waals surface area (Å²) >= 11 is 0. The van der Waals surface area contributed by atoms with Crippen LogP contribution in [-0.2, 0) is 25.4 Å². The van der Waals surface area contributed by atoms with Crippen LogP contribution in [0.3, 0.4) is 0 Å². The minimum absolute atomic E-state index is 0.168. The molecule has 0 saturated carbocycles. The van der Waals surface area contributed by atoms with E-state index in [0.29, 0.717) is 6.42 Å². The number of carbonyl (C=O) groups is 2. The van der Waals surface area contributed by atoms with Crippen molar-refractivity contribution in [2.75, 3.05) is 13.2 Å². The quantitative estimate of drug-likeness (QED) is 0.548. The molecule has 152 valence electrons. The van der Waals surface area contributed by atoms with Gasteiger partial charge in [0, 0.05) is 0 Å². The van der Waals surface area contributed by atoms with Gasteiger partial charge in [0.2, 0.25) is 0 Å². The first-order valence-corrected chi connectivity index (χ1v) is 9.28. The lowest BCUT2D eigenvalue weighted by molar-refractivity contribution is -0.156. The minimum atomic E-state index is -0.570. The van der Waals surface area contributed by atoms with Crippen LogP contribution in [0, 0.1) is 0 Å². The van der Waals surface area contributed by atoms with Gasteiger partial charge in [-0.3, -0.25) is 4.79 Å². The Balaban J connectivity index is 2.53. The molecule has 0 saturated heterocycles. The Bertz CT molecular complexity index is 587. The average Bonchev–Trinajstić information content (AvgIpc) is 2.48. The van der Waals surface area contributed by atoms with Crippen LogP contribution in [0.25, 0.3) is 0 Å². The lowest BCUT2D eigenvalue weighted by Crippen LogP contribution is -2.42.